The molecule has 0 saturated carbocycles. The Bertz CT molecular complexity index is 1000. The van der Waals surface area contributed by atoms with Crippen LogP contribution in [0.1, 0.15) is 37.5 Å². The third-order valence-electron chi connectivity index (χ3n) is 4.35. The predicted octanol–water partition coefficient (Wildman–Crippen LogP) is 6.32. The molecule has 1 aromatic heterocycles. The van der Waals surface area contributed by atoms with Crippen molar-refractivity contribution in [3.8, 4) is 17.1 Å². The summed E-state index contributed by atoms with van der Waals surface area (Å²) in [6, 6.07) is 5.23. The van der Waals surface area contributed by atoms with Crippen LogP contribution in [0.15, 0.2) is 28.7 Å². The van der Waals surface area contributed by atoms with Gasteiger partial charge in [0, 0.05) is 10.0 Å². The zero-order chi connectivity index (χ0) is 19.4. The summed E-state index contributed by atoms with van der Waals surface area (Å²) in [5.74, 6) is 0.412. The molecule has 3 aromatic rings. The number of fused-ring (bicyclic) bond motifs is 1. The molecule has 0 unspecified atom stereocenters. The van der Waals surface area contributed by atoms with Gasteiger partial charge in [-0.15, -0.1) is 0 Å². The molecule has 7 heteroatoms. The highest BCUT2D eigenvalue weighted by molar-refractivity contribution is 9.10. The lowest BCUT2D eigenvalue weighted by atomic mass is 9.84. The molecule has 26 heavy (non-hydrogen) atoms. The van der Waals surface area contributed by atoms with E-state index in [-0.39, 0.29) is 16.7 Å². The summed E-state index contributed by atoms with van der Waals surface area (Å²) in [5, 5.41) is 10.8. The first kappa shape index (κ1) is 18.8. The number of nitrogens with zero attached hydrogens (tertiary/aromatic N) is 1. The third-order valence-corrected chi connectivity index (χ3v) is 5.18. The summed E-state index contributed by atoms with van der Waals surface area (Å²) in [6.07, 6.45) is -4.43. The normalized spacial score (nSPS) is 12.8. The molecule has 0 aliphatic carbocycles. The van der Waals surface area contributed by atoms with E-state index < -0.39 is 11.7 Å². The lowest BCUT2D eigenvalue weighted by Gasteiger charge is -2.23. The topological polar surface area (TPSA) is 48.9 Å². The zero-order valence-electron chi connectivity index (χ0n) is 14.7. The Morgan fingerprint density at radius 2 is 1.77 bits per heavy atom. The van der Waals surface area contributed by atoms with E-state index in [4.69, 9.17) is 0 Å². The van der Waals surface area contributed by atoms with Gasteiger partial charge in [-0.25, -0.2) is 4.98 Å². The molecule has 0 fully saturated rings. The van der Waals surface area contributed by atoms with Crippen molar-refractivity contribution in [1.82, 2.24) is 9.97 Å². The minimum absolute atomic E-state index is 0.0771. The Balaban J connectivity index is 2.25. The summed E-state index contributed by atoms with van der Waals surface area (Å²) in [6.45, 7) is 7.74. The van der Waals surface area contributed by atoms with E-state index in [1.807, 2.05) is 33.8 Å². The molecule has 0 saturated heterocycles. The highest BCUT2D eigenvalue weighted by Crippen LogP contribution is 2.43. The Labute approximate surface area is 157 Å². The molecule has 0 amide bonds. The number of phenols is 1. The molecule has 0 aliphatic heterocycles. The maximum absolute atomic E-state index is 12.9. The van der Waals surface area contributed by atoms with Gasteiger partial charge in [-0.3, -0.25) is 0 Å². The SMILES string of the molecule is Cc1c(Br)cc(C(C)(C)C)c(O)c1-c1nc2cc(C(F)(F)F)ccc2[nH]1. The van der Waals surface area contributed by atoms with Gasteiger partial charge >= 0.3 is 6.18 Å². The van der Waals surface area contributed by atoms with E-state index >= 15 is 0 Å². The number of H-pyrrole nitrogens is 1. The van der Waals surface area contributed by atoms with Gasteiger partial charge in [0.25, 0.3) is 0 Å². The summed E-state index contributed by atoms with van der Waals surface area (Å²) in [4.78, 5) is 7.33. The fourth-order valence-corrected chi connectivity index (χ4v) is 3.32. The smallest absolute Gasteiger partial charge is 0.416 e. The Morgan fingerprint density at radius 1 is 1.12 bits per heavy atom. The number of phenolic OH excluding ortho intramolecular Hbond substituents is 1. The molecule has 2 aromatic carbocycles. The van der Waals surface area contributed by atoms with Crippen LogP contribution in [0, 0.1) is 6.92 Å². The van der Waals surface area contributed by atoms with Crippen molar-refractivity contribution in [3.05, 3.63) is 45.4 Å². The highest BCUT2D eigenvalue weighted by atomic mass is 79.9. The van der Waals surface area contributed by atoms with Crippen molar-refractivity contribution in [2.24, 2.45) is 0 Å². The first-order valence-corrected chi connectivity index (χ1v) is 8.79. The molecule has 2 N–H and O–H groups in total. The van der Waals surface area contributed by atoms with E-state index in [0.717, 1.165) is 27.7 Å². The summed E-state index contributed by atoms with van der Waals surface area (Å²) < 4.78 is 39.6. The van der Waals surface area contributed by atoms with Crippen LogP contribution in [-0.4, -0.2) is 15.1 Å². The molecule has 1 heterocycles. The lowest BCUT2D eigenvalue weighted by molar-refractivity contribution is -0.137. The second-order valence-electron chi connectivity index (χ2n) is 7.32. The quantitative estimate of drug-likeness (QED) is 0.477. The number of aromatic amines is 1. The van der Waals surface area contributed by atoms with E-state index in [2.05, 4.69) is 25.9 Å². The van der Waals surface area contributed by atoms with Gasteiger partial charge in [-0.1, -0.05) is 36.7 Å². The maximum Gasteiger partial charge on any atom is 0.416 e. The van der Waals surface area contributed by atoms with Crippen molar-refractivity contribution in [2.75, 3.05) is 0 Å². The fraction of sp³-hybridized carbons (Fsp3) is 0.316. The third kappa shape index (κ3) is 3.20. The van der Waals surface area contributed by atoms with Crippen molar-refractivity contribution in [3.63, 3.8) is 0 Å². The van der Waals surface area contributed by atoms with Crippen LogP contribution >= 0.6 is 15.9 Å². The van der Waals surface area contributed by atoms with Gasteiger partial charge in [-0.05, 0) is 42.2 Å². The van der Waals surface area contributed by atoms with E-state index in [1.54, 1.807) is 0 Å². The highest BCUT2D eigenvalue weighted by Gasteiger charge is 2.31. The number of hydrogen-bond donors (Lipinski definition) is 2. The number of aromatic hydroxyl groups is 1. The van der Waals surface area contributed by atoms with Crippen LogP contribution in [0.5, 0.6) is 5.75 Å². The van der Waals surface area contributed by atoms with Gasteiger partial charge in [0.2, 0.25) is 0 Å². The molecular formula is C19H18BrF3N2O. The predicted molar refractivity (Wildman–Crippen MR) is 99.3 cm³/mol. The number of imidazole rings is 1. The zero-order valence-corrected chi connectivity index (χ0v) is 16.3. The van der Waals surface area contributed by atoms with Crippen molar-refractivity contribution in [1.29, 1.82) is 0 Å². The van der Waals surface area contributed by atoms with Crippen LogP contribution in [0.3, 0.4) is 0 Å². The van der Waals surface area contributed by atoms with Crippen molar-refractivity contribution in [2.45, 2.75) is 39.3 Å². The Morgan fingerprint density at radius 3 is 2.35 bits per heavy atom. The van der Waals surface area contributed by atoms with Gasteiger partial charge in [0.1, 0.15) is 11.6 Å². The maximum atomic E-state index is 12.9. The number of alkyl halides is 3. The molecule has 0 atom stereocenters. The molecule has 0 bridgehead atoms. The monoisotopic (exact) mass is 426 g/mol. The minimum atomic E-state index is -4.43. The van der Waals surface area contributed by atoms with E-state index in [9.17, 15) is 18.3 Å². The van der Waals surface area contributed by atoms with Gasteiger partial charge in [-0.2, -0.15) is 13.2 Å². The molecule has 0 aliphatic rings. The fourth-order valence-electron chi connectivity index (χ4n) is 2.90. The second kappa shape index (κ2) is 6.01. The van der Waals surface area contributed by atoms with Gasteiger partial charge in [0.15, 0.2) is 0 Å². The number of aromatic nitrogens is 2. The number of rotatable bonds is 1. The van der Waals surface area contributed by atoms with Crippen molar-refractivity contribution < 1.29 is 18.3 Å². The van der Waals surface area contributed by atoms with Crippen LogP contribution in [0.25, 0.3) is 22.4 Å². The summed E-state index contributed by atoms with van der Waals surface area (Å²) >= 11 is 3.50. The average molecular weight is 427 g/mol. The van der Waals surface area contributed by atoms with Crippen LogP contribution in [-0.2, 0) is 11.6 Å². The molecule has 138 valence electrons. The average Bonchev–Trinajstić information content (AvgIpc) is 2.91. The first-order chi connectivity index (χ1) is 11.9. The number of benzene rings is 2. The van der Waals surface area contributed by atoms with Crippen LogP contribution < -0.4 is 0 Å². The molecular weight excluding hydrogens is 409 g/mol. The lowest BCUT2D eigenvalue weighted by Crippen LogP contribution is -2.12. The second-order valence-corrected chi connectivity index (χ2v) is 8.17. The van der Waals surface area contributed by atoms with Crippen LogP contribution in [0.2, 0.25) is 0 Å². The molecule has 0 spiro atoms. The Hall–Kier alpha value is -2.02. The number of nitrogens with one attached hydrogen (secondary N) is 1. The summed E-state index contributed by atoms with van der Waals surface area (Å²) in [5.41, 5.74) is 1.56. The van der Waals surface area contributed by atoms with E-state index in [1.165, 1.54) is 6.07 Å². The first-order valence-electron chi connectivity index (χ1n) is 7.99. The van der Waals surface area contributed by atoms with Crippen LogP contribution in [0.4, 0.5) is 13.2 Å². The van der Waals surface area contributed by atoms with Gasteiger partial charge < -0.3 is 10.1 Å². The standard InChI is InChI=1S/C19H18BrF3N2O/c1-9-12(20)8-11(18(2,3)4)16(26)15(9)17-24-13-6-5-10(19(21,22)23)7-14(13)25-17/h5-8,26H,1-4H3,(H,24,25). The largest absolute Gasteiger partial charge is 0.507 e. The van der Waals surface area contributed by atoms with Crippen molar-refractivity contribution >= 4 is 27.0 Å². The van der Waals surface area contributed by atoms with Gasteiger partial charge in [0.05, 0.1) is 22.2 Å². The summed E-state index contributed by atoms with van der Waals surface area (Å²) in [7, 11) is 0. The number of halogens is 4. The molecule has 0 radical (unpaired) electrons. The van der Waals surface area contributed by atoms with E-state index in [0.29, 0.717) is 16.9 Å². The Kier molecular flexibility index (Phi) is 4.34. The molecule has 3 nitrogen and oxygen atoms in total. The molecule has 3 rings (SSSR count). The minimum Gasteiger partial charge on any atom is -0.507 e. The number of hydrogen-bond acceptors (Lipinski definition) is 2.